The summed E-state index contributed by atoms with van der Waals surface area (Å²) in [7, 11) is 3.67. The predicted molar refractivity (Wildman–Crippen MR) is 57.1 cm³/mol. The first-order valence-electron chi connectivity index (χ1n) is 4.77. The summed E-state index contributed by atoms with van der Waals surface area (Å²) < 4.78 is 5.03. The number of methoxy groups -OCH3 is 1. The summed E-state index contributed by atoms with van der Waals surface area (Å²) in [4.78, 5) is 2.32. The van der Waals surface area contributed by atoms with Crippen LogP contribution in [0.15, 0.2) is 12.2 Å². The third-order valence-electron chi connectivity index (χ3n) is 1.93. The van der Waals surface area contributed by atoms with Crippen molar-refractivity contribution in [2.45, 2.75) is 6.92 Å². The molecule has 0 aromatic carbocycles. The molecule has 0 aliphatic rings. The second-order valence-corrected chi connectivity index (χ2v) is 3.14. The predicted octanol–water partition coefficient (Wildman–Crippen LogP) is 0.730. The second kappa shape index (κ2) is 8.23. The third kappa shape index (κ3) is 6.75. The zero-order valence-corrected chi connectivity index (χ0v) is 9.10. The van der Waals surface area contributed by atoms with Crippen LogP contribution in [0.4, 0.5) is 0 Å². The quantitative estimate of drug-likeness (QED) is 0.566. The van der Waals surface area contributed by atoms with E-state index < -0.39 is 0 Å². The number of rotatable bonds is 8. The average Bonchev–Trinajstić information content (AvgIpc) is 2.12. The molecule has 0 heterocycles. The Labute approximate surface area is 81.8 Å². The van der Waals surface area contributed by atoms with Gasteiger partial charge in [-0.25, -0.2) is 0 Å². The number of nitrogens with one attached hydrogen (secondary N) is 1. The van der Waals surface area contributed by atoms with Gasteiger partial charge in [-0.1, -0.05) is 13.5 Å². The topological polar surface area (TPSA) is 24.5 Å². The van der Waals surface area contributed by atoms with E-state index in [4.69, 9.17) is 4.74 Å². The molecule has 0 atom stereocenters. The number of ether oxygens (including phenoxy) is 1. The van der Waals surface area contributed by atoms with Crippen molar-refractivity contribution in [1.82, 2.24) is 10.2 Å². The Bertz CT molecular complexity index is 137. The maximum Gasteiger partial charge on any atom is 0.0589 e. The van der Waals surface area contributed by atoms with Gasteiger partial charge in [0.15, 0.2) is 0 Å². The molecule has 3 heteroatoms. The van der Waals surface area contributed by atoms with Gasteiger partial charge in [0.1, 0.15) is 0 Å². The molecule has 0 radical (unpaired) electrons. The largest absolute Gasteiger partial charge is 0.383 e. The van der Waals surface area contributed by atoms with Gasteiger partial charge in [-0.3, -0.25) is 4.90 Å². The van der Waals surface area contributed by atoms with Crippen LogP contribution in [0.2, 0.25) is 0 Å². The first-order chi connectivity index (χ1) is 6.24. The zero-order chi connectivity index (χ0) is 10.1. The molecule has 13 heavy (non-hydrogen) atoms. The molecule has 0 saturated carbocycles. The van der Waals surface area contributed by atoms with Crippen molar-refractivity contribution in [2.24, 2.45) is 0 Å². The Morgan fingerprint density at radius 1 is 1.54 bits per heavy atom. The normalized spacial score (nSPS) is 10.8. The van der Waals surface area contributed by atoms with E-state index in [-0.39, 0.29) is 0 Å². The van der Waals surface area contributed by atoms with Crippen molar-refractivity contribution in [2.75, 3.05) is 46.9 Å². The van der Waals surface area contributed by atoms with E-state index in [0.717, 1.165) is 32.8 Å². The maximum atomic E-state index is 5.03. The molecule has 3 nitrogen and oxygen atoms in total. The Balaban J connectivity index is 3.62. The molecular formula is C10H22N2O. The molecule has 0 rings (SSSR count). The molecule has 0 unspecified atom stereocenters. The molecule has 0 bridgehead atoms. The average molecular weight is 186 g/mol. The van der Waals surface area contributed by atoms with Crippen LogP contribution < -0.4 is 5.32 Å². The van der Waals surface area contributed by atoms with Gasteiger partial charge in [0, 0.05) is 26.7 Å². The Morgan fingerprint density at radius 3 is 2.69 bits per heavy atom. The van der Waals surface area contributed by atoms with Crippen LogP contribution in [0, 0.1) is 0 Å². The fourth-order valence-electron chi connectivity index (χ4n) is 1.19. The van der Waals surface area contributed by atoms with Gasteiger partial charge < -0.3 is 10.1 Å². The van der Waals surface area contributed by atoms with Crippen molar-refractivity contribution in [3.63, 3.8) is 0 Å². The van der Waals surface area contributed by atoms with Crippen LogP contribution in [0.5, 0.6) is 0 Å². The van der Waals surface area contributed by atoms with Gasteiger partial charge in [0.05, 0.1) is 6.61 Å². The van der Waals surface area contributed by atoms with E-state index in [9.17, 15) is 0 Å². The second-order valence-electron chi connectivity index (χ2n) is 3.14. The molecule has 0 spiro atoms. The first-order valence-corrected chi connectivity index (χ1v) is 4.77. The van der Waals surface area contributed by atoms with Gasteiger partial charge in [-0.2, -0.15) is 0 Å². The van der Waals surface area contributed by atoms with Crippen molar-refractivity contribution in [3.8, 4) is 0 Å². The fraction of sp³-hybridized carbons (Fsp3) is 0.800. The molecule has 0 saturated heterocycles. The molecule has 0 aromatic heterocycles. The highest BCUT2D eigenvalue weighted by Crippen LogP contribution is 1.95. The van der Waals surface area contributed by atoms with E-state index in [1.165, 1.54) is 5.57 Å². The Morgan fingerprint density at radius 2 is 2.23 bits per heavy atom. The van der Waals surface area contributed by atoms with Crippen LogP contribution >= 0.6 is 0 Å². The molecule has 1 N–H and O–H groups in total. The minimum absolute atomic E-state index is 0.792. The summed E-state index contributed by atoms with van der Waals surface area (Å²) in [5.41, 5.74) is 1.22. The smallest absolute Gasteiger partial charge is 0.0589 e. The summed E-state index contributed by atoms with van der Waals surface area (Å²) in [6.07, 6.45) is 0. The lowest BCUT2D eigenvalue weighted by atomic mass is 10.3. The molecule has 0 aliphatic carbocycles. The van der Waals surface area contributed by atoms with Crippen molar-refractivity contribution < 1.29 is 4.74 Å². The van der Waals surface area contributed by atoms with E-state index >= 15 is 0 Å². The van der Waals surface area contributed by atoms with E-state index in [1.54, 1.807) is 7.11 Å². The van der Waals surface area contributed by atoms with E-state index in [1.807, 2.05) is 7.05 Å². The summed E-state index contributed by atoms with van der Waals surface area (Å²) in [5.74, 6) is 0. The summed E-state index contributed by atoms with van der Waals surface area (Å²) in [6, 6.07) is 0. The Hall–Kier alpha value is -0.380. The van der Waals surface area contributed by atoms with Crippen LogP contribution in [0.1, 0.15) is 6.92 Å². The molecule has 0 aromatic rings. The number of hydrogen-bond acceptors (Lipinski definition) is 3. The zero-order valence-electron chi connectivity index (χ0n) is 9.10. The molecular weight excluding hydrogens is 164 g/mol. The highest BCUT2D eigenvalue weighted by molar-refractivity contribution is 4.99. The standard InChI is InChI=1S/C10H22N2O/c1-5-12(6-7-13-4)9-10(2)8-11-3/h11H,2,5-9H2,1,3-4H3. The maximum absolute atomic E-state index is 5.03. The first kappa shape index (κ1) is 12.6. The summed E-state index contributed by atoms with van der Waals surface area (Å²) >= 11 is 0. The molecule has 0 amide bonds. The van der Waals surface area contributed by atoms with Crippen LogP contribution in [0.25, 0.3) is 0 Å². The minimum Gasteiger partial charge on any atom is -0.383 e. The van der Waals surface area contributed by atoms with Gasteiger partial charge in [0.2, 0.25) is 0 Å². The fourth-order valence-corrected chi connectivity index (χ4v) is 1.19. The monoisotopic (exact) mass is 186 g/mol. The molecule has 78 valence electrons. The number of likely N-dealkylation sites (N-methyl/N-ethyl adjacent to an activating group) is 2. The lowest BCUT2D eigenvalue weighted by Crippen LogP contribution is -2.31. The number of hydrogen-bond donors (Lipinski definition) is 1. The van der Waals surface area contributed by atoms with Crippen LogP contribution in [-0.4, -0.2) is 51.8 Å². The van der Waals surface area contributed by atoms with Crippen molar-refractivity contribution in [3.05, 3.63) is 12.2 Å². The minimum atomic E-state index is 0.792. The van der Waals surface area contributed by atoms with Crippen LogP contribution in [0.3, 0.4) is 0 Å². The SMILES string of the molecule is C=C(CNC)CN(CC)CCOC. The highest BCUT2D eigenvalue weighted by Gasteiger charge is 2.02. The molecule has 0 fully saturated rings. The third-order valence-corrected chi connectivity index (χ3v) is 1.93. The van der Waals surface area contributed by atoms with E-state index in [0.29, 0.717) is 0 Å². The lowest BCUT2D eigenvalue weighted by Gasteiger charge is -2.20. The lowest BCUT2D eigenvalue weighted by molar-refractivity contribution is 0.155. The Kier molecular flexibility index (Phi) is 7.99. The van der Waals surface area contributed by atoms with Crippen molar-refractivity contribution in [1.29, 1.82) is 0 Å². The van der Waals surface area contributed by atoms with Crippen LogP contribution in [-0.2, 0) is 4.74 Å². The summed E-state index contributed by atoms with van der Waals surface area (Å²) in [5, 5.41) is 3.10. The van der Waals surface area contributed by atoms with Gasteiger partial charge in [-0.05, 0) is 19.2 Å². The highest BCUT2D eigenvalue weighted by atomic mass is 16.5. The van der Waals surface area contributed by atoms with E-state index in [2.05, 4.69) is 23.7 Å². The van der Waals surface area contributed by atoms with Crippen molar-refractivity contribution >= 4 is 0 Å². The molecule has 0 aliphatic heterocycles. The number of nitrogens with zero attached hydrogens (tertiary/aromatic N) is 1. The summed E-state index contributed by atoms with van der Waals surface area (Å²) in [6.45, 7) is 10.8. The van der Waals surface area contributed by atoms with Gasteiger partial charge in [-0.15, -0.1) is 0 Å². The van der Waals surface area contributed by atoms with Gasteiger partial charge in [0.25, 0.3) is 0 Å². The van der Waals surface area contributed by atoms with Gasteiger partial charge >= 0.3 is 0 Å².